The number of benzene rings is 1. The van der Waals surface area contributed by atoms with E-state index in [0.29, 0.717) is 3.57 Å². The van der Waals surface area contributed by atoms with Crippen molar-refractivity contribution in [2.45, 2.75) is 12.5 Å². The minimum absolute atomic E-state index is 0.0924. The Bertz CT molecular complexity index is 577. The zero-order chi connectivity index (χ0) is 14.4. The molecule has 1 aromatic carbocycles. The van der Waals surface area contributed by atoms with Gasteiger partial charge in [0.2, 0.25) is 5.75 Å². The lowest BCUT2D eigenvalue weighted by molar-refractivity contribution is -0.386. The van der Waals surface area contributed by atoms with Gasteiger partial charge in [-0.15, -0.1) is 0 Å². The number of nitro groups is 1. The maximum atomic E-state index is 10.9. The van der Waals surface area contributed by atoms with Gasteiger partial charge in [-0.25, -0.2) is 0 Å². The van der Waals surface area contributed by atoms with Gasteiger partial charge in [0.1, 0.15) is 0 Å². The van der Waals surface area contributed by atoms with E-state index in [4.69, 9.17) is 21.0 Å². The molecule has 1 rings (SSSR count). The van der Waals surface area contributed by atoms with Crippen LogP contribution < -0.4 is 10.5 Å². The van der Waals surface area contributed by atoms with Crippen LogP contribution in [0, 0.1) is 36.3 Å². The number of rotatable bonds is 5. The molecule has 7 nitrogen and oxygen atoms in total. The maximum absolute atomic E-state index is 10.9. The van der Waals surface area contributed by atoms with Crippen molar-refractivity contribution in [2.75, 3.05) is 6.61 Å². The average Bonchev–Trinajstić information content (AvgIpc) is 2.39. The van der Waals surface area contributed by atoms with E-state index >= 15 is 0 Å². The van der Waals surface area contributed by atoms with E-state index in [2.05, 4.69) is 0 Å². The van der Waals surface area contributed by atoms with Gasteiger partial charge in [-0.3, -0.25) is 10.1 Å². The molecule has 1 aromatic rings. The second-order valence-electron chi connectivity index (χ2n) is 3.55. The van der Waals surface area contributed by atoms with Crippen molar-refractivity contribution in [3.05, 3.63) is 31.4 Å². The summed E-state index contributed by atoms with van der Waals surface area (Å²) in [5.41, 5.74) is 5.32. The summed E-state index contributed by atoms with van der Waals surface area (Å²) in [4.78, 5) is 10.3. The summed E-state index contributed by atoms with van der Waals surface area (Å²) >= 11 is 1.86. The molecule has 1 unspecified atom stereocenters. The Hall–Kier alpha value is -1.91. The van der Waals surface area contributed by atoms with Crippen LogP contribution in [-0.4, -0.2) is 17.6 Å². The molecule has 0 amide bonds. The molecule has 0 fully saturated rings. The van der Waals surface area contributed by atoms with Crippen molar-refractivity contribution in [3.63, 3.8) is 0 Å². The van der Waals surface area contributed by atoms with Crippen LogP contribution in [0.5, 0.6) is 5.75 Å². The van der Waals surface area contributed by atoms with Crippen LogP contribution in [0.3, 0.4) is 0 Å². The lowest BCUT2D eigenvalue weighted by Gasteiger charge is -2.09. The number of nitrogens with zero attached hydrogens (tertiary/aromatic N) is 3. The van der Waals surface area contributed by atoms with Gasteiger partial charge in [0, 0.05) is 12.5 Å². The van der Waals surface area contributed by atoms with E-state index in [-0.39, 0.29) is 30.0 Å². The first-order valence-corrected chi connectivity index (χ1v) is 6.23. The highest BCUT2D eigenvalue weighted by molar-refractivity contribution is 14.1. The largest absolute Gasteiger partial charge is 0.486 e. The number of hydrogen-bond donors (Lipinski definition) is 1. The van der Waals surface area contributed by atoms with E-state index in [0.717, 1.165) is 6.07 Å². The zero-order valence-electron chi connectivity index (χ0n) is 9.67. The fourth-order valence-corrected chi connectivity index (χ4v) is 2.04. The fraction of sp³-hybridized carbons (Fsp3) is 0.273. The minimum Gasteiger partial charge on any atom is -0.486 e. The molecule has 8 heteroatoms. The first-order valence-electron chi connectivity index (χ1n) is 5.15. The highest BCUT2D eigenvalue weighted by Crippen LogP contribution is 2.33. The van der Waals surface area contributed by atoms with Crippen LogP contribution in [-0.2, 0) is 0 Å². The van der Waals surface area contributed by atoms with Crippen LogP contribution in [0.15, 0.2) is 12.1 Å². The summed E-state index contributed by atoms with van der Waals surface area (Å²) in [5, 5.41) is 28.2. The van der Waals surface area contributed by atoms with Crippen molar-refractivity contribution in [1.82, 2.24) is 0 Å². The van der Waals surface area contributed by atoms with E-state index in [9.17, 15) is 10.1 Å². The molecule has 0 aliphatic carbocycles. The molecule has 0 saturated heterocycles. The lowest BCUT2D eigenvalue weighted by atomic mass is 10.2. The van der Waals surface area contributed by atoms with E-state index in [1.807, 2.05) is 34.7 Å². The molecule has 98 valence electrons. The monoisotopic (exact) mass is 372 g/mol. The normalized spacial score (nSPS) is 11.2. The summed E-state index contributed by atoms with van der Waals surface area (Å²) in [6.07, 6.45) is 0.268. The summed E-state index contributed by atoms with van der Waals surface area (Å²) in [7, 11) is 0. The van der Waals surface area contributed by atoms with Crippen LogP contribution in [0.25, 0.3) is 0 Å². The molecule has 2 N–H and O–H groups in total. The van der Waals surface area contributed by atoms with Crippen LogP contribution in [0.2, 0.25) is 0 Å². The molecule has 0 saturated carbocycles. The predicted octanol–water partition coefficient (Wildman–Crippen LogP) is 1.69. The molecular weight excluding hydrogens is 363 g/mol. The zero-order valence-corrected chi connectivity index (χ0v) is 11.8. The second kappa shape index (κ2) is 6.87. The smallest absolute Gasteiger partial charge is 0.313 e. The maximum Gasteiger partial charge on any atom is 0.313 e. The third kappa shape index (κ3) is 4.05. The van der Waals surface area contributed by atoms with Crippen LogP contribution in [0.1, 0.15) is 12.0 Å². The number of nitro benzene ring substituents is 1. The Balaban J connectivity index is 2.97. The lowest BCUT2D eigenvalue weighted by Crippen LogP contribution is -2.20. The third-order valence-corrected chi connectivity index (χ3v) is 2.99. The highest BCUT2D eigenvalue weighted by atomic mass is 127. The Morgan fingerprint density at radius 2 is 2.21 bits per heavy atom. The molecule has 0 aromatic heterocycles. The SMILES string of the molecule is N#Cc1cc(I)c(OCCC(N)C#N)c([N+](=O)[O-])c1. The second-order valence-corrected chi connectivity index (χ2v) is 4.71. The minimum atomic E-state index is -0.671. The van der Waals surface area contributed by atoms with Crippen molar-refractivity contribution < 1.29 is 9.66 Å². The highest BCUT2D eigenvalue weighted by Gasteiger charge is 2.20. The molecule has 0 aliphatic heterocycles. The Labute approximate surface area is 122 Å². The van der Waals surface area contributed by atoms with Gasteiger partial charge in [0.15, 0.2) is 0 Å². The third-order valence-electron chi connectivity index (χ3n) is 2.19. The average molecular weight is 372 g/mol. The summed E-state index contributed by atoms with van der Waals surface area (Å²) < 4.78 is 5.78. The topological polar surface area (TPSA) is 126 Å². The first kappa shape index (κ1) is 15.1. The van der Waals surface area contributed by atoms with E-state index in [1.54, 1.807) is 0 Å². The summed E-state index contributed by atoms with van der Waals surface area (Å²) in [6.45, 7) is 0.0947. The quantitative estimate of drug-likeness (QED) is 0.476. The first-order chi connectivity index (χ1) is 8.99. The Kier molecular flexibility index (Phi) is 5.48. The van der Waals surface area contributed by atoms with Crippen LogP contribution in [0.4, 0.5) is 5.69 Å². The number of hydrogen-bond acceptors (Lipinski definition) is 6. The van der Waals surface area contributed by atoms with E-state index in [1.165, 1.54) is 6.07 Å². The van der Waals surface area contributed by atoms with Crippen molar-refractivity contribution >= 4 is 28.3 Å². The van der Waals surface area contributed by atoms with Gasteiger partial charge in [-0.2, -0.15) is 10.5 Å². The molecular formula is C11H9IN4O3. The standard InChI is InChI=1S/C11H9IN4O3/c12-9-3-7(5-13)4-10(16(17)18)11(9)19-2-1-8(15)6-14/h3-4,8H,1-2,15H2. The number of halogens is 1. The molecule has 0 bridgehead atoms. The number of nitrogens with two attached hydrogens (primary N) is 1. The van der Waals surface area contributed by atoms with Gasteiger partial charge >= 0.3 is 5.69 Å². The molecule has 1 atom stereocenters. The molecule has 0 heterocycles. The van der Waals surface area contributed by atoms with Gasteiger partial charge in [0.05, 0.1) is 38.8 Å². The Morgan fingerprint density at radius 1 is 1.53 bits per heavy atom. The van der Waals surface area contributed by atoms with Gasteiger partial charge in [-0.1, -0.05) is 0 Å². The van der Waals surface area contributed by atoms with Crippen molar-refractivity contribution in [3.8, 4) is 17.9 Å². The summed E-state index contributed by atoms with van der Waals surface area (Å²) in [5.74, 6) is 0.0924. The predicted molar refractivity (Wildman–Crippen MR) is 74.2 cm³/mol. The Morgan fingerprint density at radius 3 is 2.74 bits per heavy atom. The van der Waals surface area contributed by atoms with Gasteiger partial charge in [-0.05, 0) is 28.7 Å². The summed E-state index contributed by atoms with van der Waals surface area (Å²) in [6, 6.07) is 5.66. The van der Waals surface area contributed by atoms with Crippen LogP contribution >= 0.6 is 22.6 Å². The van der Waals surface area contributed by atoms with Crippen molar-refractivity contribution in [2.24, 2.45) is 5.73 Å². The molecule has 19 heavy (non-hydrogen) atoms. The molecule has 0 aliphatic rings. The number of ether oxygens (including phenoxy) is 1. The van der Waals surface area contributed by atoms with Gasteiger partial charge < -0.3 is 10.5 Å². The molecule has 0 spiro atoms. The number of nitriles is 2. The fourth-order valence-electron chi connectivity index (χ4n) is 1.27. The van der Waals surface area contributed by atoms with E-state index < -0.39 is 11.0 Å². The van der Waals surface area contributed by atoms with Crippen molar-refractivity contribution in [1.29, 1.82) is 10.5 Å². The van der Waals surface area contributed by atoms with Gasteiger partial charge in [0.25, 0.3) is 0 Å². The molecule has 0 radical (unpaired) electrons.